The Morgan fingerprint density at radius 1 is 0.933 bits per heavy atom. The molecule has 0 bridgehead atoms. The highest BCUT2D eigenvalue weighted by molar-refractivity contribution is 9.10. The van der Waals surface area contributed by atoms with E-state index in [4.69, 9.17) is 4.74 Å². The van der Waals surface area contributed by atoms with Crippen LogP contribution < -0.4 is 4.90 Å². The molecule has 0 radical (unpaired) electrons. The van der Waals surface area contributed by atoms with Crippen LogP contribution in [-0.4, -0.2) is 56.3 Å². The molecule has 1 amide bonds. The van der Waals surface area contributed by atoms with Gasteiger partial charge in [-0.05, 0) is 91.1 Å². The van der Waals surface area contributed by atoms with Crippen molar-refractivity contribution in [2.45, 2.75) is 108 Å². The van der Waals surface area contributed by atoms with E-state index in [1.807, 2.05) is 13.8 Å². The molecular weight excluding hydrogens is 674 g/mol. The summed E-state index contributed by atoms with van der Waals surface area (Å²) in [5.41, 5.74) is -3.02. The zero-order valence-corrected chi connectivity index (χ0v) is 26.3. The standard InChI is InChI=1S/C30H35BrF6N4O4/c1-3-22-12-24(13-23(4-2)41(22)28(44)45-25-7-5-18(6-8-25)26(42)43)40(27-38-14-21(31)15-39-27)16-17-9-19(29(32,33)34)11-20(10-17)30(35,36)37/h9-11,14-15,18,22-25H,3-8,12-13,16H2,1-2H3,(H,42,43)/t18-,22-,23+,24+,25-. The summed E-state index contributed by atoms with van der Waals surface area (Å²) < 4.78 is 88.2. The topological polar surface area (TPSA) is 95.9 Å². The Labute approximate surface area is 265 Å². The van der Waals surface area contributed by atoms with Crippen LogP contribution in [0.3, 0.4) is 0 Å². The van der Waals surface area contributed by atoms with Crippen molar-refractivity contribution in [3.8, 4) is 0 Å². The molecule has 8 nitrogen and oxygen atoms in total. The first-order chi connectivity index (χ1) is 21.1. The monoisotopic (exact) mass is 708 g/mol. The first-order valence-corrected chi connectivity index (χ1v) is 15.6. The second-order valence-electron chi connectivity index (χ2n) is 11.6. The predicted octanol–water partition coefficient (Wildman–Crippen LogP) is 8.08. The lowest BCUT2D eigenvalue weighted by Gasteiger charge is -2.47. The number of carboxylic acid groups (broad SMARTS) is 1. The second kappa shape index (κ2) is 14.1. The third-order valence-corrected chi connectivity index (χ3v) is 9.03. The molecule has 1 aliphatic carbocycles. The van der Waals surface area contributed by atoms with Gasteiger partial charge < -0.3 is 19.6 Å². The number of benzene rings is 1. The van der Waals surface area contributed by atoms with Crippen molar-refractivity contribution < 1.29 is 45.8 Å². The fourth-order valence-corrected chi connectivity index (χ4v) is 6.49. The van der Waals surface area contributed by atoms with Gasteiger partial charge in [-0.25, -0.2) is 14.8 Å². The van der Waals surface area contributed by atoms with Crippen molar-refractivity contribution in [2.24, 2.45) is 5.92 Å². The molecule has 2 aliphatic rings. The van der Waals surface area contributed by atoms with Crippen LogP contribution in [0.1, 0.15) is 81.9 Å². The van der Waals surface area contributed by atoms with Crippen molar-refractivity contribution in [1.82, 2.24) is 14.9 Å². The summed E-state index contributed by atoms with van der Waals surface area (Å²) in [5.74, 6) is -1.19. The number of piperidine rings is 1. The first kappa shape index (κ1) is 34.8. The van der Waals surface area contributed by atoms with Gasteiger partial charge in [0.2, 0.25) is 5.95 Å². The Bertz CT molecular complexity index is 1290. The van der Waals surface area contributed by atoms with Crippen molar-refractivity contribution in [3.05, 3.63) is 51.8 Å². The molecule has 1 saturated heterocycles. The minimum absolute atomic E-state index is 0.0996. The van der Waals surface area contributed by atoms with E-state index < -0.39 is 53.6 Å². The molecule has 0 unspecified atom stereocenters. The number of rotatable bonds is 8. The summed E-state index contributed by atoms with van der Waals surface area (Å²) in [4.78, 5) is 36.7. The smallest absolute Gasteiger partial charge is 0.416 e. The normalized spacial score (nSPS) is 24.3. The maximum Gasteiger partial charge on any atom is 0.416 e. The molecule has 2 aromatic rings. The van der Waals surface area contributed by atoms with E-state index in [0.717, 1.165) is 0 Å². The summed E-state index contributed by atoms with van der Waals surface area (Å²) in [6, 6.07) is 0.397. The lowest BCUT2D eigenvalue weighted by molar-refractivity contribution is -0.144. The van der Waals surface area contributed by atoms with Gasteiger partial charge in [0.05, 0.1) is 21.5 Å². The maximum atomic E-state index is 13.6. The third-order valence-electron chi connectivity index (χ3n) is 8.62. The lowest BCUT2D eigenvalue weighted by Crippen LogP contribution is -2.57. The maximum absolute atomic E-state index is 13.6. The Morgan fingerprint density at radius 2 is 1.44 bits per heavy atom. The number of amides is 1. The number of halogens is 7. The van der Waals surface area contributed by atoms with Gasteiger partial charge in [-0.1, -0.05) is 13.8 Å². The minimum Gasteiger partial charge on any atom is -0.481 e. The zero-order valence-electron chi connectivity index (χ0n) is 24.7. The Kier molecular flexibility index (Phi) is 10.9. The molecule has 4 rings (SSSR count). The van der Waals surface area contributed by atoms with E-state index in [2.05, 4.69) is 25.9 Å². The van der Waals surface area contributed by atoms with E-state index in [9.17, 15) is 41.0 Å². The number of anilines is 1. The van der Waals surface area contributed by atoms with Gasteiger partial charge >= 0.3 is 24.4 Å². The van der Waals surface area contributed by atoms with E-state index in [1.54, 1.807) is 9.80 Å². The lowest BCUT2D eigenvalue weighted by atomic mass is 9.87. The molecular formula is C30H35BrF6N4O4. The van der Waals surface area contributed by atoms with E-state index in [0.29, 0.717) is 68.0 Å². The van der Waals surface area contributed by atoms with Gasteiger partial charge in [0.25, 0.3) is 0 Å². The molecule has 1 aliphatic heterocycles. The Hall–Kier alpha value is -3.10. The fraction of sp³-hybridized carbons (Fsp3) is 0.600. The predicted molar refractivity (Wildman–Crippen MR) is 155 cm³/mol. The number of nitrogens with zero attached hydrogens (tertiary/aromatic N) is 4. The number of aliphatic carboxylic acids is 1. The molecule has 1 saturated carbocycles. The summed E-state index contributed by atoms with van der Waals surface area (Å²) in [6.07, 6.45) is -4.56. The van der Waals surface area contributed by atoms with Crippen molar-refractivity contribution in [3.63, 3.8) is 0 Å². The van der Waals surface area contributed by atoms with E-state index >= 15 is 0 Å². The van der Waals surface area contributed by atoms with Gasteiger partial charge in [-0.15, -0.1) is 0 Å². The van der Waals surface area contributed by atoms with Crippen molar-refractivity contribution >= 4 is 33.9 Å². The molecule has 248 valence electrons. The van der Waals surface area contributed by atoms with Gasteiger partial charge in [-0.2, -0.15) is 26.3 Å². The van der Waals surface area contributed by atoms with Crippen LogP contribution in [-0.2, 0) is 28.4 Å². The van der Waals surface area contributed by atoms with E-state index in [1.165, 1.54) is 12.4 Å². The van der Waals surface area contributed by atoms with Gasteiger partial charge in [0.1, 0.15) is 6.10 Å². The number of aromatic nitrogens is 2. The summed E-state index contributed by atoms with van der Waals surface area (Å²) in [7, 11) is 0. The van der Waals surface area contributed by atoms with Crippen LogP contribution >= 0.6 is 15.9 Å². The quantitative estimate of drug-likeness (QED) is 0.277. The largest absolute Gasteiger partial charge is 0.481 e. The average Bonchev–Trinajstić information content (AvgIpc) is 2.98. The number of alkyl halides is 6. The summed E-state index contributed by atoms with van der Waals surface area (Å²) in [6.45, 7) is 3.45. The van der Waals surface area contributed by atoms with E-state index in [-0.39, 0.29) is 36.2 Å². The number of likely N-dealkylation sites (tertiary alicyclic amines) is 1. The molecule has 2 fully saturated rings. The van der Waals surface area contributed by atoms with Crippen LogP contribution in [0.15, 0.2) is 35.1 Å². The number of carbonyl (C=O) groups excluding carboxylic acids is 1. The summed E-state index contributed by atoms with van der Waals surface area (Å²) >= 11 is 3.26. The Morgan fingerprint density at radius 3 is 1.89 bits per heavy atom. The van der Waals surface area contributed by atoms with Gasteiger partial charge in [0, 0.05) is 37.1 Å². The molecule has 45 heavy (non-hydrogen) atoms. The van der Waals surface area contributed by atoms with Crippen molar-refractivity contribution in [1.29, 1.82) is 0 Å². The minimum atomic E-state index is -4.99. The van der Waals surface area contributed by atoms with Crippen LogP contribution in [0.2, 0.25) is 0 Å². The third kappa shape index (κ3) is 8.59. The van der Waals surface area contributed by atoms with Crippen LogP contribution in [0, 0.1) is 5.92 Å². The molecule has 0 spiro atoms. The van der Waals surface area contributed by atoms with Gasteiger partial charge in [0.15, 0.2) is 0 Å². The molecule has 1 N–H and O–H groups in total. The summed E-state index contributed by atoms with van der Waals surface area (Å²) in [5, 5.41) is 9.27. The Balaban J connectivity index is 1.62. The number of carboxylic acids is 1. The number of hydrogen-bond donors (Lipinski definition) is 1. The van der Waals surface area contributed by atoms with Crippen LogP contribution in [0.5, 0.6) is 0 Å². The first-order valence-electron chi connectivity index (χ1n) is 14.8. The highest BCUT2D eigenvalue weighted by atomic mass is 79.9. The molecule has 3 atom stereocenters. The second-order valence-corrected chi connectivity index (χ2v) is 12.5. The van der Waals surface area contributed by atoms with Crippen LogP contribution in [0.4, 0.5) is 37.1 Å². The highest BCUT2D eigenvalue weighted by Crippen LogP contribution is 2.38. The van der Waals surface area contributed by atoms with Crippen LogP contribution in [0.25, 0.3) is 0 Å². The molecule has 1 aromatic carbocycles. The van der Waals surface area contributed by atoms with Crippen molar-refractivity contribution in [2.75, 3.05) is 4.90 Å². The number of carbonyl (C=O) groups is 2. The zero-order chi connectivity index (χ0) is 33.1. The molecule has 15 heteroatoms. The fourth-order valence-electron chi connectivity index (χ4n) is 6.28. The highest BCUT2D eigenvalue weighted by Gasteiger charge is 2.42. The number of ether oxygens (including phenoxy) is 1. The molecule has 1 aromatic heterocycles. The SMILES string of the molecule is CC[C@@H]1C[C@H](N(Cc2cc(C(F)(F)F)cc(C(F)(F)F)c2)c2ncc(Br)cn2)C[C@H](CC)N1C(=O)O[C@H]1CC[C@H](C(=O)O)CC1. The number of hydrogen-bond acceptors (Lipinski definition) is 6. The molecule has 2 heterocycles. The van der Waals surface area contributed by atoms with Gasteiger partial charge in [-0.3, -0.25) is 4.79 Å². The average molecular weight is 710 g/mol.